The molecular formula is C23H26N2O3. The van der Waals surface area contributed by atoms with E-state index in [9.17, 15) is 14.7 Å². The van der Waals surface area contributed by atoms with Crippen molar-refractivity contribution >= 4 is 5.97 Å². The van der Waals surface area contributed by atoms with Gasteiger partial charge in [0.2, 0.25) is 0 Å². The lowest BCUT2D eigenvalue weighted by Crippen LogP contribution is -2.28. The van der Waals surface area contributed by atoms with Crippen LogP contribution in [0.1, 0.15) is 49.3 Å². The summed E-state index contributed by atoms with van der Waals surface area (Å²) < 4.78 is 3.56. The molecule has 0 aliphatic heterocycles. The number of benzene rings is 2. The molecule has 0 spiro atoms. The first-order valence-electron chi connectivity index (χ1n) is 9.44. The van der Waals surface area contributed by atoms with Gasteiger partial charge < -0.3 is 5.11 Å². The first-order chi connectivity index (χ1) is 13.2. The van der Waals surface area contributed by atoms with Crippen molar-refractivity contribution < 1.29 is 9.90 Å². The second-order valence-corrected chi connectivity index (χ2v) is 7.97. The Balaban J connectivity index is 1.96. The van der Waals surface area contributed by atoms with Crippen LogP contribution in [0.25, 0.3) is 11.1 Å². The summed E-state index contributed by atoms with van der Waals surface area (Å²) in [4.78, 5) is 24.2. The van der Waals surface area contributed by atoms with Crippen LogP contribution in [-0.4, -0.2) is 20.2 Å². The van der Waals surface area contributed by atoms with Crippen LogP contribution in [0.15, 0.2) is 59.5 Å². The molecule has 5 nitrogen and oxygen atoms in total. The number of carboxylic acid groups (broad SMARTS) is 1. The Morgan fingerprint density at radius 1 is 1.04 bits per heavy atom. The normalized spacial score (nSPS) is 11.6. The van der Waals surface area contributed by atoms with E-state index in [4.69, 9.17) is 0 Å². The molecule has 0 unspecified atom stereocenters. The van der Waals surface area contributed by atoms with Gasteiger partial charge in [-0.1, -0.05) is 63.2 Å². The maximum atomic E-state index is 12.7. The number of carbonyl (C=O) groups is 1. The van der Waals surface area contributed by atoms with E-state index in [2.05, 4.69) is 20.8 Å². The molecule has 1 aromatic heterocycles. The Morgan fingerprint density at radius 3 is 2.25 bits per heavy atom. The average Bonchev–Trinajstić information content (AvgIpc) is 2.98. The number of hydrogen-bond donors (Lipinski definition) is 1. The fraction of sp³-hybridized carbons (Fsp3) is 0.304. The standard InChI is InChI=1S/C23H26N2O3/c1-5-24-15-20(23(2,3)4)25(22(24)28)14-16-10-12-17(13-11-16)18-8-6-7-9-19(18)21(26)27/h6-13,15H,5,14H2,1-4H3,(H,26,27). The van der Waals surface area contributed by atoms with Gasteiger partial charge in [0, 0.05) is 23.9 Å². The predicted octanol–water partition coefficient (Wildman–Crippen LogP) is 4.38. The number of nitrogens with zero attached hydrogens (tertiary/aromatic N) is 2. The van der Waals surface area contributed by atoms with Gasteiger partial charge >= 0.3 is 11.7 Å². The number of imidazole rings is 1. The highest BCUT2D eigenvalue weighted by molar-refractivity contribution is 5.95. The fourth-order valence-corrected chi connectivity index (χ4v) is 3.40. The van der Waals surface area contributed by atoms with Crippen molar-refractivity contribution in [1.82, 2.24) is 9.13 Å². The maximum absolute atomic E-state index is 12.7. The van der Waals surface area contributed by atoms with Crippen LogP contribution in [0.4, 0.5) is 0 Å². The number of carboxylic acids is 1. The number of aromatic nitrogens is 2. The van der Waals surface area contributed by atoms with Crippen LogP contribution < -0.4 is 5.69 Å². The van der Waals surface area contributed by atoms with Crippen LogP contribution in [0, 0.1) is 0 Å². The Hall–Kier alpha value is -3.08. The highest BCUT2D eigenvalue weighted by atomic mass is 16.4. The molecule has 0 fully saturated rings. The minimum absolute atomic E-state index is 0.00674. The summed E-state index contributed by atoms with van der Waals surface area (Å²) in [5, 5.41) is 9.40. The monoisotopic (exact) mass is 378 g/mol. The summed E-state index contributed by atoms with van der Waals surface area (Å²) in [6.07, 6.45) is 1.94. The first kappa shape index (κ1) is 19.7. The molecule has 0 atom stereocenters. The van der Waals surface area contributed by atoms with Gasteiger partial charge in [-0.3, -0.25) is 9.13 Å². The zero-order chi connectivity index (χ0) is 20.5. The van der Waals surface area contributed by atoms with Crippen LogP contribution in [0.5, 0.6) is 0 Å². The van der Waals surface area contributed by atoms with Gasteiger partial charge in [0.05, 0.1) is 12.1 Å². The van der Waals surface area contributed by atoms with E-state index in [1.165, 1.54) is 0 Å². The third kappa shape index (κ3) is 3.79. The molecule has 2 aromatic carbocycles. The second-order valence-electron chi connectivity index (χ2n) is 7.97. The SMILES string of the molecule is CCn1cc(C(C)(C)C)n(Cc2ccc(-c3ccccc3C(=O)O)cc2)c1=O. The smallest absolute Gasteiger partial charge is 0.336 e. The molecule has 0 bridgehead atoms. The van der Waals surface area contributed by atoms with Crippen LogP contribution in [-0.2, 0) is 18.5 Å². The van der Waals surface area contributed by atoms with Gasteiger partial charge in [-0.15, -0.1) is 0 Å². The molecule has 0 aliphatic carbocycles. The quantitative estimate of drug-likeness (QED) is 0.716. The molecule has 5 heteroatoms. The lowest BCUT2D eigenvalue weighted by atomic mass is 9.92. The first-order valence-corrected chi connectivity index (χ1v) is 9.44. The molecular weight excluding hydrogens is 352 g/mol. The van der Waals surface area contributed by atoms with Gasteiger partial charge in [0.15, 0.2) is 0 Å². The lowest BCUT2D eigenvalue weighted by molar-refractivity contribution is 0.0697. The minimum atomic E-state index is -0.943. The van der Waals surface area contributed by atoms with Crippen LogP contribution in [0.2, 0.25) is 0 Å². The van der Waals surface area contributed by atoms with Gasteiger partial charge in [0.25, 0.3) is 0 Å². The maximum Gasteiger partial charge on any atom is 0.336 e. The molecule has 146 valence electrons. The van der Waals surface area contributed by atoms with Gasteiger partial charge in [-0.05, 0) is 29.7 Å². The topological polar surface area (TPSA) is 64.2 Å². The summed E-state index contributed by atoms with van der Waals surface area (Å²) in [5.74, 6) is -0.943. The van der Waals surface area contributed by atoms with Crippen molar-refractivity contribution in [3.8, 4) is 11.1 Å². The summed E-state index contributed by atoms with van der Waals surface area (Å²) in [6, 6.07) is 14.7. The molecule has 3 rings (SSSR count). The Morgan fingerprint density at radius 2 is 1.68 bits per heavy atom. The molecule has 1 N–H and O–H groups in total. The Kier molecular flexibility index (Phi) is 5.27. The van der Waals surface area contributed by atoms with E-state index in [0.29, 0.717) is 18.7 Å². The molecule has 1 heterocycles. The van der Waals surface area contributed by atoms with E-state index in [0.717, 1.165) is 16.8 Å². The molecule has 3 aromatic rings. The average molecular weight is 378 g/mol. The van der Waals surface area contributed by atoms with E-state index in [1.54, 1.807) is 16.7 Å². The Bertz CT molecular complexity index is 1050. The third-order valence-electron chi connectivity index (χ3n) is 4.92. The number of rotatable bonds is 5. The van der Waals surface area contributed by atoms with Crippen molar-refractivity contribution in [2.45, 2.75) is 46.2 Å². The van der Waals surface area contributed by atoms with E-state index >= 15 is 0 Å². The highest BCUT2D eigenvalue weighted by Crippen LogP contribution is 2.25. The summed E-state index contributed by atoms with van der Waals surface area (Å²) in [5.41, 5.74) is 3.66. The summed E-state index contributed by atoms with van der Waals surface area (Å²) >= 11 is 0. The molecule has 0 radical (unpaired) electrons. The summed E-state index contributed by atoms with van der Waals surface area (Å²) in [6.45, 7) is 9.39. The highest BCUT2D eigenvalue weighted by Gasteiger charge is 2.22. The number of aryl methyl sites for hydroxylation is 1. The van der Waals surface area contributed by atoms with Gasteiger partial charge in [-0.2, -0.15) is 0 Å². The predicted molar refractivity (Wildman–Crippen MR) is 111 cm³/mol. The van der Waals surface area contributed by atoms with E-state index in [1.807, 2.05) is 54.1 Å². The Labute approximate surface area is 164 Å². The molecule has 0 aliphatic rings. The molecule has 0 saturated heterocycles. The van der Waals surface area contributed by atoms with Crippen molar-refractivity contribution in [2.75, 3.05) is 0 Å². The third-order valence-corrected chi connectivity index (χ3v) is 4.92. The van der Waals surface area contributed by atoms with Gasteiger partial charge in [0.1, 0.15) is 0 Å². The van der Waals surface area contributed by atoms with Crippen molar-refractivity contribution in [2.24, 2.45) is 0 Å². The van der Waals surface area contributed by atoms with Crippen molar-refractivity contribution in [1.29, 1.82) is 0 Å². The second kappa shape index (κ2) is 7.50. The molecule has 28 heavy (non-hydrogen) atoms. The van der Waals surface area contributed by atoms with Crippen LogP contribution >= 0.6 is 0 Å². The zero-order valence-corrected chi connectivity index (χ0v) is 16.8. The number of aromatic carboxylic acids is 1. The number of hydrogen-bond acceptors (Lipinski definition) is 2. The fourth-order valence-electron chi connectivity index (χ4n) is 3.40. The molecule has 0 amide bonds. The zero-order valence-electron chi connectivity index (χ0n) is 16.8. The summed E-state index contributed by atoms with van der Waals surface area (Å²) in [7, 11) is 0. The molecule has 0 saturated carbocycles. The van der Waals surface area contributed by atoms with Crippen molar-refractivity contribution in [3.63, 3.8) is 0 Å². The lowest BCUT2D eigenvalue weighted by Gasteiger charge is -2.20. The minimum Gasteiger partial charge on any atom is -0.478 e. The largest absolute Gasteiger partial charge is 0.478 e. The van der Waals surface area contributed by atoms with E-state index in [-0.39, 0.29) is 16.7 Å². The van der Waals surface area contributed by atoms with Crippen LogP contribution in [0.3, 0.4) is 0 Å². The van der Waals surface area contributed by atoms with Crippen molar-refractivity contribution in [3.05, 3.63) is 82.0 Å². The van der Waals surface area contributed by atoms with Gasteiger partial charge in [-0.25, -0.2) is 9.59 Å². The van der Waals surface area contributed by atoms with E-state index < -0.39 is 5.97 Å².